The summed E-state index contributed by atoms with van der Waals surface area (Å²) < 4.78 is 35.0. The zero-order valence-corrected chi connectivity index (χ0v) is 32.6. The van der Waals surface area contributed by atoms with Gasteiger partial charge in [0.05, 0.1) is 49.3 Å². The van der Waals surface area contributed by atoms with E-state index < -0.39 is 103 Å². The van der Waals surface area contributed by atoms with E-state index >= 15 is 0 Å². The number of fused-ring (bicyclic) bond motifs is 5. The first kappa shape index (κ1) is 42.1. The Morgan fingerprint density at radius 1 is 0.792 bits per heavy atom. The lowest BCUT2D eigenvalue weighted by molar-refractivity contribution is -0.321. The SMILES string of the molecule is COC1C(O)COC(OC2CCC3(C)C(C(O)CC4(O)C3CCC3(C)C(C(C)CCC(OC5OC(CO)C(O)C5O)C(C)C)CC(O)C34)C2O)C1OC. The van der Waals surface area contributed by atoms with Crippen molar-refractivity contribution < 1.29 is 69.3 Å². The van der Waals surface area contributed by atoms with Crippen LogP contribution in [0.2, 0.25) is 0 Å². The lowest BCUT2D eigenvalue weighted by Gasteiger charge is -2.66. The van der Waals surface area contributed by atoms with E-state index in [1.807, 2.05) is 13.8 Å². The van der Waals surface area contributed by atoms with E-state index in [0.717, 1.165) is 12.8 Å². The molecule has 8 N–H and O–H groups in total. The fourth-order valence-corrected chi connectivity index (χ4v) is 12.6. The number of hydrogen-bond donors (Lipinski definition) is 8. The molecule has 0 aromatic carbocycles. The highest BCUT2D eigenvalue weighted by Gasteiger charge is 2.72. The highest BCUT2D eigenvalue weighted by molar-refractivity contribution is 5.21. The lowest BCUT2D eigenvalue weighted by Crippen LogP contribution is -2.71. The first-order chi connectivity index (χ1) is 25.0. The molecule has 6 rings (SSSR count). The van der Waals surface area contributed by atoms with E-state index in [4.69, 9.17) is 28.4 Å². The topological polar surface area (TPSA) is 217 Å². The summed E-state index contributed by atoms with van der Waals surface area (Å²) >= 11 is 0. The molecule has 53 heavy (non-hydrogen) atoms. The predicted molar refractivity (Wildman–Crippen MR) is 189 cm³/mol. The van der Waals surface area contributed by atoms with Crippen LogP contribution in [0.25, 0.3) is 0 Å². The van der Waals surface area contributed by atoms with Crippen LogP contribution in [0, 0.1) is 46.3 Å². The Morgan fingerprint density at radius 3 is 2.09 bits per heavy atom. The Bertz CT molecular complexity index is 1230. The van der Waals surface area contributed by atoms with Gasteiger partial charge in [-0.3, -0.25) is 0 Å². The molecule has 0 spiro atoms. The number of methoxy groups -OCH3 is 2. The van der Waals surface area contributed by atoms with Gasteiger partial charge in [0.25, 0.3) is 0 Å². The molecule has 0 aromatic rings. The fraction of sp³-hybridized carbons (Fsp3) is 1.00. The average molecular weight is 761 g/mol. The molecule has 308 valence electrons. The molecule has 14 heteroatoms. The average Bonchev–Trinajstić information content (AvgIpc) is 3.54. The Kier molecular flexibility index (Phi) is 12.7. The van der Waals surface area contributed by atoms with Gasteiger partial charge in [0.15, 0.2) is 12.6 Å². The number of rotatable bonds is 12. The Balaban J connectivity index is 1.14. The summed E-state index contributed by atoms with van der Waals surface area (Å²) in [5.41, 5.74) is -2.34. The van der Waals surface area contributed by atoms with Crippen LogP contribution in [0.4, 0.5) is 0 Å². The van der Waals surface area contributed by atoms with Crippen LogP contribution in [-0.4, -0.2) is 154 Å². The van der Waals surface area contributed by atoms with Crippen molar-refractivity contribution in [3.05, 3.63) is 0 Å². The number of aliphatic hydroxyl groups excluding tert-OH is 7. The van der Waals surface area contributed by atoms with Crippen molar-refractivity contribution in [3.8, 4) is 0 Å². The van der Waals surface area contributed by atoms with Crippen LogP contribution in [0.1, 0.15) is 86.0 Å². The van der Waals surface area contributed by atoms with Crippen LogP contribution in [0.15, 0.2) is 0 Å². The molecule has 2 saturated heterocycles. The number of hydrogen-bond acceptors (Lipinski definition) is 14. The van der Waals surface area contributed by atoms with Gasteiger partial charge >= 0.3 is 0 Å². The largest absolute Gasteiger partial charge is 0.394 e. The van der Waals surface area contributed by atoms with Crippen molar-refractivity contribution in [2.24, 2.45) is 46.3 Å². The molecule has 2 heterocycles. The van der Waals surface area contributed by atoms with E-state index in [1.54, 1.807) is 0 Å². The van der Waals surface area contributed by atoms with Crippen LogP contribution in [0.3, 0.4) is 0 Å². The second kappa shape index (κ2) is 16.0. The van der Waals surface area contributed by atoms with E-state index in [-0.39, 0.29) is 48.2 Å². The molecule has 6 fully saturated rings. The van der Waals surface area contributed by atoms with Gasteiger partial charge in [0.2, 0.25) is 0 Å². The highest BCUT2D eigenvalue weighted by atomic mass is 16.7. The molecule has 0 bridgehead atoms. The van der Waals surface area contributed by atoms with E-state index in [2.05, 4.69) is 20.8 Å². The fourth-order valence-electron chi connectivity index (χ4n) is 12.6. The first-order valence-corrected chi connectivity index (χ1v) is 20.0. The van der Waals surface area contributed by atoms with Crippen molar-refractivity contribution >= 4 is 0 Å². The van der Waals surface area contributed by atoms with Gasteiger partial charge in [-0.1, -0.05) is 34.6 Å². The Hall–Kier alpha value is -0.560. The van der Waals surface area contributed by atoms with Gasteiger partial charge in [0.1, 0.15) is 36.6 Å². The molecule has 0 radical (unpaired) electrons. The lowest BCUT2D eigenvalue weighted by atomic mass is 9.41. The molecule has 2 aliphatic heterocycles. The molecule has 21 atom stereocenters. The monoisotopic (exact) mass is 760 g/mol. The number of ether oxygens (including phenoxy) is 6. The molecule has 14 nitrogen and oxygen atoms in total. The minimum atomic E-state index is -1.34. The van der Waals surface area contributed by atoms with Gasteiger partial charge < -0.3 is 69.3 Å². The molecular weight excluding hydrogens is 692 g/mol. The van der Waals surface area contributed by atoms with E-state index in [0.29, 0.717) is 32.1 Å². The van der Waals surface area contributed by atoms with Gasteiger partial charge in [0, 0.05) is 32.5 Å². The maximum atomic E-state index is 12.9. The molecule has 6 aliphatic rings. The maximum absolute atomic E-state index is 12.9. The standard InChI is InChI=1S/C39H68O14/c1-18(2)24(51-35-31(46)30(45)26(16-40)53-35)9-8-19(3)20-14-21(41)34-37(20,4)13-11-27-38(5)12-10-25(29(44)28(38)22(42)15-39(27,34)47)52-36-33(49-7)32(48-6)23(43)17-50-36/h18-36,40-47H,8-17H2,1-7H3. The van der Waals surface area contributed by atoms with Gasteiger partial charge in [-0.15, -0.1) is 0 Å². The third-order valence-electron chi connectivity index (χ3n) is 15.2. The summed E-state index contributed by atoms with van der Waals surface area (Å²) in [6.45, 7) is 10.1. The smallest absolute Gasteiger partial charge is 0.186 e. The highest BCUT2D eigenvalue weighted by Crippen LogP contribution is 2.70. The van der Waals surface area contributed by atoms with Crippen LogP contribution >= 0.6 is 0 Å². The summed E-state index contributed by atoms with van der Waals surface area (Å²) in [5.74, 6) is -0.908. The molecule has 21 unspecified atom stereocenters. The van der Waals surface area contributed by atoms with Gasteiger partial charge in [-0.05, 0) is 79.4 Å². The second-order valence-electron chi connectivity index (χ2n) is 18.3. The predicted octanol–water partition coefficient (Wildman–Crippen LogP) is 0.702. The van der Waals surface area contributed by atoms with E-state index in [9.17, 15) is 40.9 Å². The minimum absolute atomic E-state index is 0.00468. The van der Waals surface area contributed by atoms with Crippen molar-refractivity contribution in [1.82, 2.24) is 0 Å². The van der Waals surface area contributed by atoms with Crippen LogP contribution < -0.4 is 0 Å². The molecule has 4 aliphatic carbocycles. The van der Waals surface area contributed by atoms with Crippen molar-refractivity contribution in [1.29, 1.82) is 0 Å². The molecule has 0 amide bonds. The zero-order valence-electron chi connectivity index (χ0n) is 32.6. The molecular formula is C39H68O14. The van der Waals surface area contributed by atoms with Gasteiger partial charge in [-0.2, -0.15) is 0 Å². The Morgan fingerprint density at radius 2 is 1.47 bits per heavy atom. The van der Waals surface area contributed by atoms with Crippen molar-refractivity contribution in [2.75, 3.05) is 27.4 Å². The Labute approximate surface area is 314 Å². The summed E-state index contributed by atoms with van der Waals surface area (Å²) in [6.07, 6.45) is -6.76. The third-order valence-corrected chi connectivity index (χ3v) is 15.2. The quantitative estimate of drug-likeness (QED) is 0.129. The number of aliphatic hydroxyl groups is 8. The minimum Gasteiger partial charge on any atom is -0.394 e. The maximum Gasteiger partial charge on any atom is 0.186 e. The normalized spacial score (nSPS) is 52.5. The van der Waals surface area contributed by atoms with Crippen LogP contribution in [-0.2, 0) is 28.4 Å². The van der Waals surface area contributed by atoms with Crippen LogP contribution in [0.5, 0.6) is 0 Å². The van der Waals surface area contributed by atoms with E-state index in [1.165, 1.54) is 14.2 Å². The van der Waals surface area contributed by atoms with Gasteiger partial charge in [-0.25, -0.2) is 0 Å². The second-order valence-corrected chi connectivity index (χ2v) is 18.3. The molecule has 4 saturated carbocycles. The van der Waals surface area contributed by atoms with Crippen molar-refractivity contribution in [3.63, 3.8) is 0 Å². The van der Waals surface area contributed by atoms with Crippen molar-refractivity contribution in [2.45, 2.75) is 171 Å². The third kappa shape index (κ3) is 7.17. The summed E-state index contributed by atoms with van der Waals surface area (Å²) in [6, 6.07) is 0. The zero-order chi connectivity index (χ0) is 38.8. The summed E-state index contributed by atoms with van der Waals surface area (Å²) in [5, 5.41) is 89.0. The molecule has 0 aromatic heterocycles. The first-order valence-electron chi connectivity index (χ1n) is 20.0. The summed E-state index contributed by atoms with van der Waals surface area (Å²) in [7, 11) is 2.98. The summed E-state index contributed by atoms with van der Waals surface area (Å²) in [4.78, 5) is 0.